The highest BCUT2D eigenvalue weighted by Gasteiger charge is 2.30. The van der Waals surface area contributed by atoms with Gasteiger partial charge in [0.15, 0.2) is 5.82 Å². The normalized spacial score (nSPS) is 13.2. The van der Waals surface area contributed by atoms with Gasteiger partial charge in [0.1, 0.15) is 0 Å². The molecule has 0 spiro atoms. The van der Waals surface area contributed by atoms with Crippen LogP contribution in [0.15, 0.2) is 72.3 Å². The molecule has 1 amide bonds. The molecular weight excluding hydrogens is 406 g/mol. The molecule has 3 heterocycles. The van der Waals surface area contributed by atoms with Gasteiger partial charge in [0, 0.05) is 55.0 Å². The lowest BCUT2D eigenvalue weighted by atomic mass is 10.1. The van der Waals surface area contributed by atoms with Crippen molar-refractivity contribution in [1.29, 1.82) is 0 Å². The Hall–Kier alpha value is -4.01. The second-order valence-corrected chi connectivity index (χ2v) is 7.86. The van der Waals surface area contributed by atoms with Crippen LogP contribution in [0.5, 0.6) is 0 Å². The number of pyridine rings is 1. The topological polar surface area (TPSA) is 99.6 Å². The Balaban J connectivity index is 1.23. The fraction of sp³-hybridized carbons (Fsp3) is 0.261. The highest BCUT2D eigenvalue weighted by Crippen LogP contribution is 2.36. The molecule has 3 aromatic heterocycles. The van der Waals surface area contributed by atoms with Gasteiger partial charge in [0.2, 0.25) is 0 Å². The van der Waals surface area contributed by atoms with Gasteiger partial charge in [-0.3, -0.25) is 14.3 Å². The van der Waals surface area contributed by atoms with Crippen LogP contribution in [0.2, 0.25) is 0 Å². The van der Waals surface area contributed by atoms with E-state index in [1.54, 1.807) is 41.6 Å². The molecule has 1 aliphatic carbocycles. The summed E-state index contributed by atoms with van der Waals surface area (Å²) in [5, 5.41) is 7.40. The number of carbonyl (C=O) groups is 1. The number of amides is 1. The minimum absolute atomic E-state index is 0.149. The van der Waals surface area contributed by atoms with Gasteiger partial charge < -0.3 is 9.88 Å². The molecule has 0 bridgehead atoms. The number of nitrogens with one attached hydrogen (secondary N) is 1. The summed E-state index contributed by atoms with van der Waals surface area (Å²) in [6.07, 6.45) is 10.8. The third-order valence-electron chi connectivity index (χ3n) is 5.45. The van der Waals surface area contributed by atoms with Crippen molar-refractivity contribution in [1.82, 2.24) is 34.2 Å². The van der Waals surface area contributed by atoms with Crippen LogP contribution in [-0.2, 0) is 13.1 Å². The first-order chi connectivity index (χ1) is 15.7. The van der Waals surface area contributed by atoms with Crippen molar-refractivity contribution in [2.24, 2.45) is 0 Å². The molecule has 0 atom stereocenters. The zero-order valence-electron chi connectivity index (χ0n) is 17.5. The maximum atomic E-state index is 12.9. The highest BCUT2D eigenvalue weighted by molar-refractivity contribution is 5.94. The van der Waals surface area contributed by atoms with Gasteiger partial charge >= 0.3 is 5.69 Å². The molecule has 0 radical (unpaired) electrons. The van der Waals surface area contributed by atoms with E-state index < -0.39 is 0 Å². The molecule has 0 unspecified atom stereocenters. The van der Waals surface area contributed by atoms with E-state index in [1.165, 1.54) is 4.68 Å². The van der Waals surface area contributed by atoms with E-state index in [2.05, 4.69) is 20.4 Å². The van der Waals surface area contributed by atoms with Crippen molar-refractivity contribution in [3.8, 4) is 11.4 Å². The van der Waals surface area contributed by atoms with Gasteiger partial charge in [-0.2, -0.15) is 0 Å². The lowest BCUT2D eigenvalue weighted by Gasteiger charge is -2.07. The minimum Gasteiger partial charge on any atom is -0.350 e. The molecule has 0 saturated heterocycles. The van der Waals surface area contributed by atoms with Crippen molar-refractivity contribution >= 4 is 5.91 Å². The summed E-state index contributed by atoms with van der Waals surface area (Å²) in [5.41, 5.74) is 2.32. The van der Waals surface area contributed by atoms with Crippen molar-refractivity contribution in [3.05, 3.63) is 89.1 Å². The van der Waals surface area contributed by atoms with Gasteiger partial charge in [-0.15, -0.1) is 5.10 Å². The molecule has 1 fully saturated rings. The Labute approximate surface area is 184 Å². The first kappa shape index (κ1) is 19.9. The van der Waals surface area contributed by atoms with Crippen LogP contribution < -0.4 is 11.0 Å². The standard InChI is InChI=1S/C23H23N7O2/c31-22(18-5-3-17(4-6-18)15-28-12-10-25-16-28)26-11-13-29-23(32)30(20-7-8-20)21(27-29)19-2-1-9-24-14-19/h1-6,9-10,12,14,16,20H,7-8,11,13,15H2,(H,26,31). The van der Waals surface area contributed by atoms with Crippen LogP contribution in [0.4, 0.5) is 0 Å². The number of rotatable bonds is 8. The van der Waals surface area contributed by atoms with Gasteiger partial charge in [-0.05, 0) is 42.7 Å². The fourth-order valence-corrected chi connectivity index (χ4v) is 3.65. The number of aromatic nitrogens is 6. The minimum atomic E-state index is -0.179. The number of hydrogen-bond acceptors (Lipinski definition) is 5. The Morgan fingerprint density at radius 3 is 2.62 bits per heavy atom. The lowest BCUT2D eigenvalue weighted by Crippen LogP contribution is -2.32. The maximum Gasteiger partial charge on any atom is 0.346 e. The molecule has 9 heteroatoms. The van der Waals surface area contributed by atoms with E-state index in [9.17, 15) is 9.59 Å². The number of nitrogens with zero attached hydrogens (tertiary/aromatic N) is 6. The van der Waals surface area contributed by atoms with Gasteiger partial charge in [0.25, 0.3) is 5.91 Å². The van der Waals surface area contributed by atoms with Gasteiger partial charge in [-0.25, -0.2) is 14.5 Å². The van der Waals surface area contributed by atoms with E-state index in [0.717, 1.165) is 24.0 Å². The summed E-state index contributed by atoms with van der Waals surface area (Å²) in [6.45, 7) is 1.31. The summed E-state index contributed by atoms with van der Waals surface area (Å²) in [4.78, 5) is 33.6. The molecule has 1 N–H and O–H groups in total. The second kappa shape index (κ2) is 8.62. The third-order valence-corrected chi connectivity index (χ3v) is 5.45. The summed E-state index contributed by atoms with van der Waals surface area (Å²) in [5.74, 6) is 0.451. The molecule has 0 aliphatic heterocycles. The van der Waals surface area contributed by atoms with Crippen LogP contribution >= 0.6 is 0 Å². The smallest absolute Gasteiger partial charge is 0.346 e. The number of benzene rings is 1. The number of hydrogen-bond donors (Lipinski definition) is 1. The molecular formula is C23H23N7O2. The van der Waals surface area contributed by atoms with Gasteiger partial charge in [0.05, 0.1) is 12.9 Å². The fourth-order valence-electron chi connectivity index (χ4n) is 3.65. The van der Waals surface area contributed by atoms with E-state index in [-0.39, 0.29) is 17.6 Å². The molecule has 1 aromatic carbocycles. The van der Waals surface area contributed by atoms with Crippen molar-refractivity contribution in [3.63, 3.8) is 0 Å². The van der Waals surface area contributed by atoms with E-state index in [0.29, 0.717) is 31.0 Å². The Morgan fingerprint density at radius 2 is 1.94 bits per heavy atom. The van der Waals surface area contributed by atoms with Crippen LogP contribution in [0.25, 0.3) is 11.4 Å². The summed E-state index contributed by atoms with van der Waals surface area (Å²) >= 11 is 0. The molecule has 4 aromatic rings. The average Bonchev–Trinajstić information content (AvgIpc) is 3.42. The quantitative estimate of drug-likeness (QED) is 0.463. The van der Waals surface area contributed by atoms with Crippen molar-refractivity contribution < 1.29 is 4.79 Å². The lowest BCUT2D eigenvalue weighted by molar-refractivity contribution is 0.0951. The third kappa shape index (κ3) is 4.22. The highest BCUT2D eigenvalue weighted by atomic mass is 16.2. The molecule has 1 saturated carbocycles. The second-order valence-electron chi connectivity index (χ2n) is 7.86. The number of carbonyl (C=O) groups excluding carboxylic acids is 1. The van der Waals surface area contributed by atoms with E-state index >= 15 is 0 Å². The van der Waals surface area contributed by atoms with Crippen LogP contribution in [0.3, 0.4) is 0 Å². The van der Waals surface area contributed by atoms with Crippen molar-refractivity contribution in [2.45, 2.75) is 32.0 Å². The molecule has 32 heavy (non-hydrogen) atoms. The largest absolute Gasteiger partial charge is 0.350 e. The molecule has 5 rings (SSSR count). The summed E-state index contributed by atoms with van der Waals surface area (Å²) in [7, 11) is 0. The summed E-state index contributed by atoms with van der Waals surface area (Å²) in [6, 6.07) is 11.4. The Kier molecular flexibility index (Phi) is 5.37. The van der Waals surface area contributed by atoms with Gasteiger partial charge in [-0.1, -0.05) is 12.1 Å². The predicted octanol–water partition coefficient (Wildman–Crippen LogP) is 2.12. The van der Waals surface area contributed by atoms with Crippen molar-refractivity contribution in [2.75, 3.05) is 6.54 Å². The maximum absolute atomic E-state index is 12.9. The average molecular weight is 429 g/mol. The predicted molar refractivity (Wildman–Crippen MR) is 118 cm³/mol. The monoisotopic (exact) mass is 429 g/mol. The molecule has 9 nitrogen and oxygen atoms in total. The first-order valence-electron chi connectivity index (χ1n) is 10.6. The van der Waals surface area contributed by atoms with Crippen LogP contribution in [-0.4, -0.2) is 41.3 Å². The molecule has 162 valence electrons. The van der Waals surface area contributed by atoms with Crippen LogP contribution in [0, 0.1) is 0 Å². The first-order valence-corrected chi connectivity index (χ1v) is 10.6. The zero-order valence-corrected chi connectivity index (χ0v) is 17.5. The van der Waals surface area contributed by atoms with E-state index in [4.69, 9.17) is 0 Å². The zero-order chi connectivity index (χ0) is 21.9. The number of imidazole rings is 1. The van der Waals surface area contributed by atoms with E-state index in [1.807, 2.05) is 35.0 Å². The SMILES string of the molecule is O=C(NCCn1nc(-c2cccnc2)n(C2CC2)c1=O)c1ccc(Cn2ccnc2)cc1. The summed E-state index contributed by atoms with van der Waals surface area (Å²) < 4.78 is 5.14. The Morgan fingerprint density at radius 1 is 1.09 bits per heavy atom. The molecule has 1 aliphatic rings. The Bertz CT molecular complexity index is 1250. The van der Waals surface area contributed by atoms with Crippen LogP contribution in [0.1, 0.15) is 34.8 Å².